The van der Waals surface area contributed by atoms with Crippen LogP contribution in [0, 0.1) is 24.2 Å². The lowest BCUT2D eigenvalue weighted by Gasteiger charge is -2.10. The van der Waals surface area contributed by atoms with E-state index >= 15 is 0 Å². The van der Waals surface area contributed by atoms with Crippen LogP contribution in [0.4, 0.5) is 11.6 Å². The smallest absolute Gasteiger partial charge is 0.227 e. The lowest BCUT2D eigenvalue weighted by molar-refractivity contribution is 0.0968. The molecule has 3 aromatic rings. The number of benzene rings is 1. The van der Waals surface area contributed by atoms with E-state index in [1.54, 1.807) is 12.4 Å². The van der Waals surface area contributed by atoms with Gasteiger partial charge in [-0.25, -0.2) is 9.97 Å². The second kappa shape index (κ2) is 9.09. The maximum atomic E-state index is 12.5. The average molecular weight is 415 g/mol. The normalized spacial score (nSPS) is 14.1. The average Bonchev–Trinajstić information content (AvgIpc) is 3.53. The summed E-state index contributed by atoms with van der Waals surface area (Å²) in [6, 6.07) is 10.2. The van der Waals surface area contributed by atoms with E-state index in [-0.39, 0.29) is 18.1 Å². The Labute approximate surface area is 182 Å². The first-order chi connectivity index (χ1) is 15.1. The van der Waals surface area contributed by atoms with Crippen LogP contribution in [-0.4, -0.2) is 25.5 Å². The molecule has 4 rings (SSSR count). The second-order valence-corrected chi connectivity index (χ2v) is 8.11. The Balaban J connectivity index is 1.48. The van der Waals surface area contributed by atoms with Crippen molar-refractivity contribution in [1.82, 2.24) is 19.7 Å². The molecule has 158 valence electrons. The van der Waals surface area contributed by atoms with Crippen LogP contribution in [0.5, 0.6) is 0 Å². The first kappa shape index (κ1) is 20.7. The molecule has 0 unspecified atom stereocenters. The molecule has 1 aliphatic carbocycles. The third kappa shape index (κ3) is 4.97. The number of aryl methyl sites for hydroxylation is 1. The molecular weight excluding hydrogens is 388 g/mol. The fourth-order valence-corrected chi connectivity index (χ4v) is 3.58. The first-order valence-corrected chi connectivity index (χ1v) is 10.8. The van der Waals surface area contributed by atoms with E-state index in [2.05, 4.69) is 26.5 Å². The van der Waals surface area contributed by atoms with Gasteiger partial charge in [0.15, 0.2) is 5.78 Å². The van der Waals surface area contributed by atoms with Crippen LogP contribution in [0.1, 0.15) is 61.0 Å². The molecule has 0 aliphatic heterocycles. The van der Waals surface area contributed by atoms with Crippen LogP contribution in [0.3, 0.4) is 0 Å². The van der Waals surface area contributed by atoms with Crippen LogP contribution in [0.25, 0.3) is 11.3 Å². The van der Waals surface area contributed by atoms with E-state index in [4.69, 9.17) is 0 Å². The van der Waals surface area contributed by atoms with Gasteiger partial charge in [0.1, 0.15) is 0 Å². The van der Waals surface area contributed by atoms with Crippen molar-refractivity contribution in [3.8, 4) is 17.3 Å². The third-order valence-electron chi connectivity index (χ3n) is 5.48. The quantitative estimate of drug-likeness (QED) is 0.481. The number of hydrogen-bond acceptors (Lipinski definition) is 6. The molecule has 1 aliphatic rings. The molecule has 2 heterocycles. The molecule has 0 bridgehead atoms. The number of carbonyl (C=O) groups excluding carboxylic acids is 1. The number of nitrogens with zero attached hydrogens (tertiary/aromatic N) is 5. The zero-order chi connectivity index (χ0) is 21.8. The predicted molar refractivity (Wildman–Crippen MR) is 119 cm³/mol. The number of hydrogen-bond donors (Lipinski definition) is 1. The van der Waals surface area contributed by atoms with Gasteiger partial charge in [0.25, 0.3) is 0 Å². The molecule has 0 saturated heterocycles. The summed E-state index contributed by atoms with van der Waals surface area (Å²) in [4.78, 5) is 21.6. The van der Waals surface area contributed by atoms with Crippen molar-refractivity contribution in [3.63, 3.8) is 0 Å². The van der Waals surface area contributed by atoms with Crippen molar-refractivity contribution in [2.75, 3.05) is 5.32 Å². The molecule has 0 spiro atoms. The Morgan fingerprint density at radius 1 is 1.29 bits per heavy atom. The van der Waals surface area contributed by atoms with Crippen molar-refractivity contribution < 1.29 is 4.79 Å². The highest BCUT2D eigenvalue weighted by Gasteiger charge is 2.24. The van der Waals surface area contributed by atoms with E-state index in [1.165, 1.54) is 12.8 Å². The molecule has 0 amide bonds. The van der Waals surface area contributed by atoms with Crippen molar-refractivity contribution in [2.45, 2.75) is 52.0 Å². The second-order valence-electron chi connectivity index (χ2n) is 8.11. The van der Waals surface area contributed by atoms with Gasteiger partial charge in [-0.05, 0) is 31.7 Å². The molecule has 2 aromatic heterocycles. The van der Waals surface area contributed by atoms with Gasteiger partial charge in [0.05, 0.1) is 35.6 Å². The Kier molecular flexibility index (Phi) is 6.08. The van der Waals surface area contributed by atoms with Crippen molar-refractivity contribution in [2.24, 2.45) is 5.92 Å². The molecule has 1 fully saturated rings. The summed E-state index contributed by atoms with van der Waals surface area (Å²) < 4.78 is 1.98. The summed E-state index contributed by atoms with van der Waals surface area (Å²) in [7, 11) is 0. The van der Waals surface area contributed by atoms with Crippen molar-refractivity contribution in [1.29, 1.82) is 5.26 Å². The Hall–Kier alpha value is -3.53. The molecule has 31 heavy (non-hydrogen) atoms. The summed E-state index contributed by atoms with van der Waals surface area (Å²) in [5, 5.41) is 16.8. The number of Topliss-reactive ketones (excluding diaryl/α,β-unsaturated/α-hetero) is 1. The first-order valence-electron chi connectivity index (χ1n) is 10.8. The summed E-state index contributed by atoms with van der Waals surface area (Å²) in [5.41, 5.74) is 4.16. The minimum Gasteiger partial charge on any atom is -0.321 e. The number of nitriles is 1. The topological polar surface area (TPSA) is 96.5 Å². The molecule has 1 saturated carbocycles. The number of ketones is 1. The number of anilines is 2. The van der Waals surface area contributed by atoms with Crippen LogP contribution in [-0.2, 0) is 0 Å². The van der Waals surface area contributed by atoms with E-state index in [0.29, 0.717) is 17.6 Å². The monoisotopic (exact) mass is 414 g/mol. The van der Waals surface area contributed by atoms with Gasteiger partial charge < -0.3 is 5.32 Å². The standard InChI is InChI=1S/C24H26N6O/c1-3-4-17(12-25)11-22(31)18-5-7-19(8-6-18)23-16(2)13-26-24(29-23)28-20-14-27-30(15-20)21-9-10-21/h5-8,13-15,17,21H,3-4,9-11H2,1-2H3,(H,26,28,29)/t17-/m1/s1. The summed E-state index contributed by atoms with van der Waals surface area (Å²) >= 11 is 0. The van der Waals surface area contributed by atoms with Crippen LogP contribution < -0.4 is 5.32 Å². The van der Waals surface area contributed by atoms with Gasteiger partial charge >= 0.3 is 0 Å². The van der Waals surface area contributed by atoms with Crippen LogP contribution >= 0.6 is 0 Å². The highest BCUT2D eigenvalue weighted by atomic mass is 16.1. The Morgan fingerprint density at radius 3 is 2.74 bits per heavy atom. The zero-order valence-corrected chi connectivity index (χ0v) is 17.9. The largest absolute Gasteiger partial charge is 0.321 e. The summed E-state index contributed by atoms with van der Waals surface area (Å²) in [5.74, 6) is 0.285. The molecule has 1 atom stereocenters. The fourth-order valence-electron chi connectivity index (χ4n) is 3.58. The zero-order valence-electron chi connectivity index (χ0n) is 17.9. The minimum absolute atomic E-state index is 0.000917. The van der Waals surface area contributed by atoms with Crippen molar-refractivity contribution >= 4 is 17.4 Å². The maximum absolute atomic E-state index is 12.5. The number of rotatable bonds is 9. The van der Waals surface area contributed by atoms with Crippen molar-refractivity contribution in [3.05, 3.63) is 54.0 Å². The summed E-state index contributed by atoms with van der Waals surface area (Å²) in [6.07, 6.45) is 9.82. The highest BCUT2D eigenvalue weighted by molar-refractivity contribution is 5.96. The molecule has 1 N–H and O–H groups in total. The number of nitrogens with one attached hydrogen (secondary N) is 1. The van der Waals surface area contributed by atoms with Gasteiger partial charge in [-0.3, -0.25) is 9.48 Å². The SMILES string of the molecule is CCC[C@@H](C#N)CC(=O)c1ccc(-c2nc(Nc3cnn(C4CC4)c3)ncc2C)cc1. The molecule has 0 radical (unpaired) electrons. The van der Waals surface area contributed by atoms with Gasteiger partial charge in [0, 0.05) is 29.9 Å². The fraction of sp³-hybridized carbons (Fsp3) is 0.375. The Morgan fingerprint density at radius 2 is 2.06 bits per heavy atom. The van der Waals surface area contributed by atoms with E-state index in [9.17, 15) is 10.1 Å². The maximum Gasteiger partial charge on any atom is 0.227 e. The summed E-state index contributed by atoms with van der Waals surface area (Å²) in [6.45, 7) is 3.99. The molecular formula is C24H26N6O. The lowest BCUT2D eigenvalue weighted by atomic mass is 9.95. The van der Waals surface area contributed by atoms with Gasteiger partial charge in [0.2, 0.25) is 5.95 Å². The lowest BCUT2D eigenvalue weighted by Crippen LogP contribution is -2.07. The van der Waals surface area contributed by atoms with Gasteiger partial charge in [-0.2, -0.15) is 10.4 Å². The third-order valence-corrected chi connectivity index (χ3v) is 5.48. The highest BCUT2D eigenvalue weighted by Crippen LogP contribution is 2.34. The minimum atomic E-state index is -0.223. The van der Waals surface area contributed by atoms with E-state index in [1.807, 2.05) is 49.0 Å². The molecule has 7 heteroatoms. The number of carbonyl (C=O) groups is 1. The molecule has 1 aromatic carbocycles. The van der Waals surface area contributed by atoms with Gasteiger partial charge in [-0.15, -0.1) is 0 Å². The van der Waals surface area contributed by atoms with E-state index in [0.717, 1.165) is 35.3 Å². The molecule has 7 nitrogen and oxygen atoms in total. The number of aromatic nitrogens is 4. The predicted octanol–water partition coefficient (Wildman–Crippen LogP) is 5.24. The van der Waals surface area contributed by atoms with Gasteiger partial charge in [-0.1, -0.05) is 37.6 Å². The Bertz CT molecular complexity index is 1110. The van der Waals surface area contributed by atoms with E-state index < -0.39 is 0 Å². The van der Waals surface area contributed by atoms with Crippen LogP contribution in [0.15, 0.2) is 42.9 Å². The van der Waals surface area contributed by atoms with Crippen LogP contribution in [0.2, 0.25) is 0 Å².